The van der Waals surface area contributed by atoms with Crippen LogP contribution in [-0.4, -0.2) is 48.2 Å². The smallest absolute Gasteiger partial charge is 0.410 e. The Morgan fingerprint density at radius 1 is 1.04 bits per heavy atom. The van der Waals surface area contributed by atoms with E-state index in [2.05, 4.69) is 4.74 Å². The molecular weight excluding hydrogens is 350 g/mol. The van der Waals surface area contributed by atoms with Crippen LogP contribution < -0.4 is 0 Å². The van der Waals surface area contributed by atoms with Crippen molar-refractivity contribution in [1.82, 2.24) is 4.90 Å². The van der Waals surface area contributed by atoms with Crippen LogP contribution in [0.2, 0.25) is 0 Å². The van der Waals surface area contributed by atoms with E-state index in [0.717, 1.165) is 5.56 Å². The molecule has 0 N–H and O–H groups in total. The number of benzene rings is 1. The first kappa shape index (κ1) is 20.6. The van der Waals surface area contributed by atoms with E-state index in [1.54, 1.807) is 11.8 Å². The molecule has 27 heavy (non-hydrogen) atoms. The molecule has 0 saturated carbocycles. The molecule has 0 aliphatic carbocycles. The number of ether oxygens (including phenoxy) is 2. The zero-order valence-electron chi connectivity index (χ0n) is 15.5. The lowest BCUT2D eigenvalue weighted by molar-refractivity contribution is -0.154. The fourth-order valence-electron chi connectivity index (χ4n) is 2.99. The predicted octanol–water partition coefficient (Wildman–Crippen LogP) is 2.52. The number of rotatable bonds is 8. The van der Waals surface area contributed by atoms with Crippen molar-refractivity contribution < 1.29 is 28.7 Å². The summed E-state index contributed by atoms with van der Waals surface area (Å²) in [6, 6.07) is 9.46. The normalized spacial score (nSPS) is 14.5. The summed E-state index contributed by atoms with van der Waals surface area (Å²) in [4.78, 5) is 48.5. The van der Waals surface area contributed by atoms with Crippen molar-refractivity contribution in [2.75, 3.05) is 19.7 Å². The van der Waals surface area contributed by atoms with Crippen LogP contribution in [0.25, 0.3) is 0 Å². The molecule has 0 aromatic heterocycles. The summed E-state index contributed by atoms with van der Waals surface area (Å²) < 4.78 is 9.90. The number of hydrogen-bond donors (Lipinski definition) is 0. The van der Waals surface area contributed by atoms with Crippen molar-refractivity contribution in [3.05, 3.63) is 35.9 Å². The second-order valence-corrected chi connectivity index (χ2v) is 6.53. The van der Waals surface area contributed by atoms with Gasteiger partial charge in [0.1, 0.15) is 12.4 Å². The first-order chi connectivity index (χ1) is 13.0. The molecule has 1 saturated heterocycles. The van der Waals surface area contributed by atoms with Crippen molar-refractivity contribution in [2.24, 2.45) is 5.92 Å². The Hall–Kier alpha value is -2.70. The Kier molecular flexibility index (Phi) is 7.98. The van der Waals surface area contributed by atoms with Crippen LogP contribution in [-0.2, 0) is 30.5 Å². The van der Waals surface area contributed by atoms with Gasteiger partial charge in [-0.05, 0) is 31.2 Å². The molecule has 1 aromatic carbocycles. The summed E-state index contributed by atoms with van der Waals surface area (Å²) in [7, 11) is 0. The number of ketones is 2. The maximum Gasteiger partial charge on any atom is 0.410 e. The van der Waals surface area contributed by atoms with Gasteiger partial charge < -0.3 is 14.4 Å². The number of piperidine rings is 1. The van der Waals surface area contributed by atoms with Gasteiger partial charge in [0, 0.05) is 19.5 Å². The quantitative estimate of drug-likeness (QED) is 0.394. The number of likely N-dealkylation sites (tertiary alicyclic amines) is 1. The van der Waals surface area contributed by atoms with E-state index in [4.69, 9.17) is 4.74 Å². The van der Waals surface area contributed by atoms with Crippen LogP contribution in [0.5, 0.6) is 0 Å². The van der Waals surface area contributed by atoms with E-state index >= 15 is 0 Å². The first-order valence-electron chi connectivity index (χ1n) is 9.16. The lowest BCUT2D eigenvalue weighted by Gasteiger charge is -2.31. The van der Waals surface area contributed by atoms with Crippen LogP contribution in [0, 0.1) is 5.92 Å². The van der Waals surface area contributed by atoms with Gasteiger partial charge in [-0.15, -0.1) is 0 Å². The number of hydrogen-bond acceptors (Lipinski definition) is 6. The fourth-order valence-corrected chi connectivity index (χ4v) is 2.99. The van der Waals surface area contributed by atoms with E-state index in [1.165, 1.54) is 0 Å². The van der Waals surface area contributed by atoms with Crippen molar-refractivity contribution in [2.45, 2.75) is 39.2 Å². The average Bonchev–Trinajstić information content (AvgIpc) is 2.67. The molecule has 1 aliphatic rings. The number of nitrogens with zero attached hydrogens (tertiary/aromatic N) is 1. The first-order valence-corrected chi connectivity index (χ1v) is 9.16. The van der Waals surface area contributed by atoms with Crippen LogP contribution >= 0.6 is 0 Å². The van der Waals surface area contributed by atoms with Gasteiger partial charge in [0.2, 0.25) is 5.78 Å². The molecule has 7 heteroatoms. The molecule has 1 aromatic rings. The summed E-state index contributed by atoms with van der Waals surface area (Å²) in [6.45, 7) is 2.96. The van der Waals surface area contributed by atoms with Crippen molar-refractivity contribution in [3.63, 3.8) is 0 Å². The monoisotopic (exact) mass is 375 g/mol. The topological polar surface area (TPSA) is 90.0 Å². The van der Waals surface area contributed by atoms with Crippen LogP contribution in [0.15, 0.2) is 30.3 Å². The highest BCUT2D eigenvalue weighted by atomic mass is 16.6. The van der Waals surface area contributed by atoms with Gasteiger partial charge in [-0.3, -0.25) is 9.59 Å². The van der Waals surface area contributed by atoms with Gasteiger partial charge in [0.15, 0.2) is 0 Å². The summed E-state index contributed by atoms with van der Waals surface area (Å²) in [5.74, 6) is -1.92. The lowest BCUT2D eigenvalue weighted by Crippen LogP contribution is -2.39. The SMILES string of the molecule is CCOC(=O)C(=O)CC(=O)CC1CCN(C(=O)OCc2ccccc2)CC1. The summed E-state index contributed by atoms with van der Waals surface area (Å²) in [5, 5.41) is 0. The molecule has 7 nitrogen and oxygen atoms in total. The standard InChI is InChI=1S/C20H25NO6/c1-2-26-19(24)18(23)13-17(22)12-15-8-10-21(11-9-15)20(25)27-14-16-6-4-3-5-7-16/h3-7,15H,2,8-14H2,1H3. The van der Waals surface area contributed by atoms with Crippen molar-refractivity contribution in [3.8, 4) is 0 Å². The highest BCUT2D eigenvalue weighted by Crippen LogP contribution is 2.22. The van der Waals surface area contributed by atoms with E-state index in [0.29, 0.717) is 25.9 Å². The Morgan fingerprint density at radius 2 is 1.70 bits per heavy atom. The number of amides is 1. The Balaban J connectivity index is 1.68. The minimum atomic E-state index is -0.957. The minimum Gasteiger partial charge on any atom is -0.460 e. The molecule has 2 rings (SSSR count). The number of carbonyl (C=O) groups is 4. The molecule has 0 spiro atoms. The molecule has 1 fully saturated rings. The fraction of sp³-hybridized carbons (Fsp3) is 0.500. The highest BCUT2D eigenvalue weighted by molar-refractivity contribution is 6.37. The molecule has 0 radical (unpaired) electrons. The molecule has 0 bridgehead atoms. The Morgan fingerprint density at radius 3 is 2.33 bits per heavy atom. The Labute approximate surface area is 158 Å². The van der Waals surface area contributed by atoms with Gasteiger partial charge in [0.05, 0.1) is 13.0 Å². The van der Waals surface area contributed by atoms with Gasteiger partial charge in [-0.2, -0.15) is 0 Å². The van der Waals surface area contributed by atoms with E-state index in [9.17, 15) is 19.2 Å². The number of esters is 1. The zero-order chi connectivity index (χ0) is 19.6. The molecule has 1 amide bonds. The second-order valence-electron chi connectivity index (χ2n) is 6.53. The third-order valence-corrected chi connectivity index (χ3v) is 4.46. The van der Waals surface area contributed by atoms with Crippen molar-refractivity contribution in [1.29, 1.82) is 0 Å². The van der Waals surface area contributed by atoms with Crippen LogP contribution in [0.3, 0.4) is 0 Å². The zero-order valence-corrected chi connectivity index (χ0v) is 15.5. The largest absolute Gasteiger partial charge is 0.460 e. The summed E-state index contributed by atoms with van der Waals surface area (Å²) >= 11 is 0. The third-order valence-electron chi connectivity index (χ3n) is 4.46. The third kappa shape index (κ3) is 6.84. The molecule has 0 atom stereocenters. The van der Waals surface area contributed by atoms with E-state index < -0.39 is 18.2 Å². The molecule has 0 unspecified atom stereocenters. The molecular formula is C20H25NO6. The highest BCUT2D eigenvalue weighted by Gasteiger charge is 2.27. The summed E-state index contributed by atoms with van der Waals surface area (Å²) in [5.41, 5.74) is 0.928. The van der Waals surface area contributed by atoms with Crippen molar-refractivity contribution >= 4 is 23.6 Å². The summed E-state index contributed by atoms with van der Waals surface area (Å²) in [6.07, 6.45) is 0.788. The van der Waals surface area contributed by atoms with Gasteiger partial charge >= 0.3 is 12.1 Å². The van der Waals surface area contributed by atoms with Crippen LogP contribution in [0.4, 0.5) is 4.79 Å². The molecule has 1 heterocycles. The number of Topliss-reactive ketones (excluding diaryl/α,β-unsaturated/α-hetero) is 2. The average molecular weight is 375 g/mol. The lowest BCUT2D eigenvalue weighted by atomic mass is 9.90. The van der Waals surface area contributed by atoms with Gasteiger partial charge in [-0.1, -0.05) is 30.3 Å². The van der Waals surface area contributed by atoms with Gasteiger partial charge in [-0.25, -0.2) is 9.59 Å². The van der Waals surface area contributed by atoms with Gasteiger partial charge in [0.25, 0.3) is 0 Å². The molecule has 146 valence electrons. The number of carbonyl (C=O) groups excluding carboxylic acids is 4. The van der Waals surface area contributed by atoms with E-state index in [1.807, 2.05) is 30.3 Å². The second kappa shape index (κ2) is 10.4. The minimum absolute atomic E-state index is 0.102. The Bertz CT molecular complexity index is 664. The maximum absolute atomic E-state index is 12.1. The van der Waals surface area contributed by atoms with Crippen LogP contribution in [0.1, 0.15) is 38.2 Å². The van der Waals surface area contributed by atoms with E-state index in [-0.39, 0.29) is 37.4 Å². The molecule has 1 aliphatic heterocycles. The maximum atomic E-state index is 12.1. The predicted molar refractivity (Wildman–Crippen MR) is 96.8 cm³/mol.